The molecule has 0 aromatic heterocycles. The van der Waals surface area contributed by atoms with E-state index in [0.717, 1.165) is 30.4 Å². The van der Waals surface area contributed by atoms with Crippen LogP contribution < -0.4 is 5.73 Å². The Morgan fingerprint density at radius 2 is 2.07 bits per heavy atom. The van der Waals surface area contributed by atoms with E-state index in [4.69, 9.17) is 5.73 Å². The predicted octanol–water partition coefficient (Wildman–Crippen LogP) is 3.34. The van der Waals surface area contributed by atoms with E-state index < -0.39 is 0 Å². The number of hydrogen-bond acceptors (Lipinski definition) is 2. The minimum Gasteiger partial charge on any atom is -0.398 e. The zero-order valence-corrected chi connectivity index (χ0v) is 9.55. The fraction of sp³-hybridized carbons (Fsp3) is 0.462. The quantitative estimate of drug-likeness (QED) is 0.455. The van der Waals surface area contributed by atoms with Gasteiger partial charge in [-0.3, -0.25) is 4.79 Å². The van der Waals surface area contributed by atoms with Gasteiger partial charge in [-0.15, -0.1) is 0 Å². The number of nitrogen functional groups attached to an aromatic ring is 1. The smallest absolute Gasteiger partial charge is 0.163 e. The first-order chi connectivity index (χ1) is 7.16. The van der Waals surface area contributed by atoms with Gasteiger partial charge in [-0.05, 0) is 25.0 Å². The Kier molecular flexibility index (Phi) is 4.35. The highest BCUT2D eigenvalue weighted by molar-refractivity contribution is 5.98. The number of hydrogen-bond donors (Lipinski definition) is 1. The largest absolute Gasteiger partial charge is 0.398 e. The summed E-state index contributed by atoms with van der Waals surface area (Å²) in [6.45, 7) is 4.04. The fourth-order valence-corrected chi connectivity index (χ4v) is 1.63. The van der Waals surface area contributed by atoms with Gasteiger partial charge in [0.2, 0.25) is 0 Å². The lowest BCUT2D eigenvalue weighted by molar-refractivity contribution is 0.0979. The van der Waals surface area contributed by atoms with Crippen molar-refractivity contribution in [1.29, 1.82) is 0 Å². The molecule has 0 atom stereocenters. The Hall–Kier alpha value is -1.31. The summed E-state index contributed by atoms with van der Waals surface area (Å²) >= 11 is 0. The molecular weight excluding hydrogens is 186 g/mol. The van der Waals surface area contributed by atoms with Crippen molar-refractivity contribution in [3.63, 3.8) is 0 Å². The van der Waals surface area contributed by atoms with Crippen LogP contribution >= 0.6 is 0 Å². The molecule has 1 rings (SSSR count). The number of nitrogens with two attached hydrogens (primary N) is 1. The third-order valence-corrected chi connectivity index (χ3v) is 2.68. The minimum absolute atomic E-state index is 0.216. The maximum Gasteiger partial charge on any atom is 0.163 e. The van der Waals surface area contributed by atoms with E-state index in [1.165, 1.54) is 0 Å². The second kappa shape index (κ2) is 5.54. The van der Waals surface area contributed by atoms with Crippen molar-refractivity contribution in [3.8, 4) is 0 Å². The molecule has 0 aliphatic rings. The second-order valence-electron chi connectivity index (χ2n) is 3.90. The van der Waals surface area contributed by atoms with E-state index in [1.807, 2.05) is 25.1 Å². The van der Waals surface area contributed by atoms with Crippen molar-refractivity contribution in [2.24, 2.45) is 0 Å². The van der Waals surface area contributed by atoms with Crippen molar-refractivity contribution >= 4 is 11.5 Å². The van der Waals surface area contributed by atoms with Crippen LogP contribution in [0.4, 0.5) is 5.69 Å². The summed E-state index contributed by atoms with van der Waals surface area (Å²) in [5.74, 6) is 0.216. The molecule has 0 spiro atoms. The summed E-state index contributed by atoms with van der Waals surface area (Å²) in [4.78, 5) is 11.8. The van der Waals surface area contributed by atoms with Crippen LogP contribution in [0.1, 0.15) is 48.5 Å². The van der Waals surface area contributed by atoms with Crippen molar-refractivity contribution < 1.29 is 4.79 Å². The highest BCUT2D eigenvalue weighted by Crippen LogP contribution is 2.18. The molecule has 0 unspecified atom stereocenters. The number of rotatable bonds is 5. The van der Waals surface area contributed by atoms with Gasteiger partial charge in [0.25, 0.3) is 0 Å². The van der Waals surface area contributed by atoms with Gasteiger partial charge in [0.05, 0.1) is 0 Å². The minimum atomic E-state index is 0.216. The first kappa shape index (κ1) is 11.8. The maximum atomic E-state index is 11.8. The zero-order valence-electron chi connectivity index (χ0n) is 9.55. The van der Waals surface area contributed by atoms with E-state index in [1.54, 1.807) is 0 Å². The Balaban J connectivity index is 2.69. The van der Waals surface area contributed by atoms with Crippen molar-refractivity contribution in [3.05, 3.63) is 29.3 Å². The number of unbranched alkanes of at least 4 members (excludes halogenated alkanes) is 2. The van der Waals surface area contributed by atoms with Crippen molar-refractivity contribution in [2.45, 2.75) is 39.5 Å². The SMILES string of the molecule is CCCCCC(=O)c1cccc(N)c1C. The summed E-state index contributed by atoms with van der Waals surface area (Å²) in [7, 11) is 0. The molecule has 0 saturated carbocycles. The van der Waals surface area contributed by atoms with Gasteiger partial charge in [0.1, 0.15) is 0 Å². The highest BCUT2D eigenvalue weighted by atomic mass is 16.1. The molecule has 0 fully saturated rings. The van der Waals surface area contributed by atoms with Crippen LogP contribution in [0.2, 0.25) is 0 Å². The molecule has 1 aromatic carbocycles. The lowest BCUT2D eigenvalue weighted by atomic mass is 9.99. The molecule has 82 valence electrons. The van der Waals surface area contributed by atoms with E-state index in [0.29, 0.717) is 12.1 Å². The van der Waals surface area contributed by atoms with Crippen LogP contribution in [0.3, 0.4) is 0 Å². The summed E-state index contributed by atoms with van der Waals surface area (Å²) < 4.78 is 0. The third kappa shape index (κ3) is 3.08. The van der Waals surface area contributed by atoms with Crippen molar-refractivity contribution in [2.75, 3.05) is 5.73 Å². The zero-order chi connectivity index (χ0) is 11.3. The summed E-state index contributed by atoms with van der Waals surface area (Å²) in [5.41, 5.74) is 8.17. The number of anilines is 1. The topological polar surface area (TPSA) is 43.1 Å². The molecule has 2 nitrogen and oxygen atoms in total. The number of benzene rings is 1. The maximum absolute atomic E-state index is 11.8. The normalized spacial score (nSPS) is 10.3. The molecule has 15 heavy (non-hydrogen) atoms. The van der Waals surface area contributed by atoms with E-state index in [9.17, 15) is 4.79 Å². The average Bonchev–Trinajstić information content (AvgIpc) is 2.22. The third-order valence-electron chi connectivity index (χ3n) is 2.68. The summed E-state index contributed by atoms with van der Waals surface area (Å²) in [6, 6.07) is 5.54. The number of ketones is 1. The van der Waals surface area contributed by atoms with Crippen LogP contribution in [0.15, 0.2) is 18.2 Å². The molecule has 0 heterocycles. The van der Waals surface area contributed by atoms with E-state index in [2.05, 4.69) is 6.92 Å². The second-order valence-corrected chi connectivity index (χ2v) is 3.90. The van der Waals surface area contributed by atoms with E-state index in [-0.39, 0.29) is 5.78 Å². The predicted molar refractivity (Wildman–Crippen MR) is 64.1 cm³/mol. The van der Waals surface area contributed by atoms with Crippen LogP contribution in [0.5, 0.6) is 0 Å². The molecule has 0 bridgehead atoms. The van der Waals surface area contributed by atoms with Gasteiger partial charge in [0.15, 0.2) is 5.78 Å². The Morgan fingerprint density at radius 3 is 2.73 bits per heavy atom. The standard InChI is InChI=1S/C13H19NO/c1-3-4-5-9-13(15)11-7-6-8-12(14)10(11)2/h6-8H,3-5,9,14H2,1-2H3. The number of carbonyl (C=O) groups is 1. The lowest BCUT2D eigenvalue weighted by Gasteiger charge is -2.06. The first-order valence-electron chi connectivity index (χ1n) is 5.55. The van der Waals surface area contributed by atoms with Gasteiger partial charge in [-0.1, -0.05) is 31.9 Å². The van der Waals surface area contributed by atoms with Gasteiger partial charge < -0.3 is 5.73 Å². The molecule has 0 radical (unpaired) electrons. The Morgan fingerprint density at radius 1 is 1.33 bits per heavy atom. The highest BCUT2D eigenvalue weighted by Gasteiger charge is 2.09. The van der Waals surface area contributed by atoms with Gasteiger partial charge in [0, 0.05) is 17.7 Å². The van der Waals surface area contributed by atoms with Gasteiger partial charge in [-0.2, -0.15) is 0 Å². The van der Waals surface area contributed by atoms with Crippen LogP contribution in [-0.4, -0.2) is 5.78 Å². The number of Topliss-reactive ketones (excluding diaryl/α,β-unsaturated/α-hetero) is 1. The van der Waals surface area contributed by atoms with E-state index >= 15 is 0 Å². The fourth-order valence-electron chi connectivity index (χ4n) is 1.63. The lowest BCUT2D eigenvalue weighted by Crippen LogP contribution is -2.03. The Bertz CT molecular complexity index is 344. The summed E-state index contributed by atoms with van der Waals surface area (Å²) in [5, 5.41) is 0. The van der Waals surface area contributed by atoms with Crippen LogP contribution in [-0.2, 0) is 0 Å². The van der Waals surface area contributed by atoms with Crippen LogP contribution in [0, 0.1) is 6.92 Å². The molecule has 0 saturated heterocycles. The molecule has 0 amide bonds. The molecule has 2 N–H and O–H groups in total. The molecule has 0 aliphatic heterocycles. The Labute approximate surface area is 91.5 Å². The average molecular weight is 205 g/mol. The molecule has 0 aliphatic carbocycles. The summed E-state index contributed by atoms with van der Waals surface area (Å²) in [6.07, 6.45) is 3.87. The van der Waals surface area contributed by atoms with Crippen LogP contribution in [0.25, 0.3) is 0 Å². The van der Waals surface area contributed by atoms with Gasteiger partial charge >= 0.3 is 0 Å². The first-order valence-corrected chi connectivity index (χ1v) is 5.55. The van der Waals surface area contributed by atoms with Gasteiger partial charge in [-0.25, -0.2) is 0 Å². The number of carbonyl (C=O) groups excluding carboxylic acids is 1. The molecule has 2 heteroatoms. The molecule has 1 aromatic rings. The monoisotopic (exact) mass is 205 g/mol. The van der Waals surface area contributed by atoms with Crippen molar-refractivity contribution in [1.82, 2.24) is 0 Å². The molecular formula is C13H19NO.